The second-order valence-corrected chi connectivity index (χ2v) is 4.40. The van der Waals surface area contributed by atoms with Crippen LogP contribution in [0.4, 0.5) is 0 Å². The van der Waals surface area contributed by atoms with Gasteiger partial charge in [-0.25, -0.2) is 0 Å². The van der Waals surface area contributed by atoms with E-state index >= 15 is 0 Å². The molecule has 0 heterocycles. The van der Waals surface area contributed by atoms with Gasteiger partial charge in [-0.3, -0.25) is 5.73 Å². The number of phenolic OH excluding ortho intramolecular Hbond substituents is 1. The third-order valence-electron chi connectivity index (χ3n) is 2.94. The van der Waals surface area contributed by atoms with E-state index in [-0.39, 0.29) is 11.9 Å². The summed E-state index contributed by atoms with van der Waals surface area (Å²) in [5.74, 6) is 0.732. The van der Waals surface area contributed by atoms with Crippen molar-refractivity contribution in [2.75, 3.05) is 0 Å². The van der Waals surface area contributed by atoms with Crippen molar-refractivity contribution in [3.8, 4) is 11.5 Å². The summed E-state index contributed by atoms with van der Waals surface area (Å²) in [6.07, 6.45) is 2.32. The quantitative estimate of drug-likeness (QED) is 0.662. The summed E-state index contributed by atoms with van der Waals surface area (Å²) in [7, 11) is 0. The fraction of sp³-hybridized carbons (Fsp3) is 0.500. The summed E-state index contributed by atoms with van der Waals surface area (Å²) < 4.78 is 5.68. The molecule has 1 aromatic rings. The van der Waals surface area contributed by atoms with Crippen LogP contribution in [0.3, 0.4) is 0 Å². The number of hydrogen-bond acceptors (Lipinski definition) is 4. The van der Waals surface area contributed by atoms with Crippen LogP contribution in [0.25, 0.3) is 0 Å². The predicted molar refractivity (Wildman–Crippen MR) is 60.1 cm³/mol. The van der Waals surface area contributed by atoms with Crippen molar-refractivity contribution in [3.63, 3.8) is 0 Å². The monoisotopic (exact) mass is 223 g/mol. The van der Waals surface area contributed by atoms with Gasteiger partial charge in [-0.05, 0) is 25.0 Å². The summed E-state index contributed by atoms with van der Waals surface area (Å²) in [6.45, 7) is 0. The second-order valence-electron chi connectivity index (χ2n) is 4.40. The fourth-order valence-corrected chi connectivity index (χ4v) is 1.97. The van der Waals surface area contributed by atoms with E-state index in [0.717, 1.165) is 0 Å². The van der Waals surface area contributed by atoms with Crippen LogP contribution in [0.5, 0.6) is 11.5 Å². The zero-order valence-corrected chi connectivity index (χ0v) is 9.10. The molecule has 1 aliphatic rings. The van der Waals surface area contributed by atoms with Gasteiger partial charge in [0, 0.05) is 18.9 Å². The molecule has 1 fully saturated rings. The van der Waals surface area contributed by atoms with Crippen molar-refractivity contribution in [2.24, 2.45) is 5.73 Å². The van der Waals surface area contributed by atoms with E-state index in [1.54, 1.807) is 24.3 Å². The molecule has 1 aromatic carbocycles. The molecular weight excluding hydrogens is 206 g/mol. The molecule has 0 aromatic heterocycles. The number of phenols is 1. The molecule has 88 valence electrons. The third kappa shape index (κ3) is 2.65. The lowest BCUT2D eigenvalue weighted by Crippen LogP contribution is -2.49. The first-order valence-corrected chi connectivity index (χ1v) is 5.52. The molecule has 0 atom stereocenters. The molecule has 4 N–H and O–H groups in total. The summed E-state index contributed by atoms with van der Waals surface area (Å²) in [6, 6.07) is 6.60. The van der Waals surface area contributed by atoms with Gasteiger partial charge in [0.05, 0.1) is 6.10 Å². The van der Waals surface area contributed by atoms with Crippen LogP contribution in [0, 0.1) is 0 Å². The van der Waals surface area contributed by atoms with Crippen molar-refractivity contribution < 1.29 is 14.9 Å². The Hall–Kier alpha value is -1.26. The van der Waals surface area contributed by atoms with Crippen molar-refractivity contribution >= 4 is 0 Å². The first-order chi connectivity index (χ1) is 7.57. The van der Waals surface area contributed by atoms with Crippen molar-refractivity contribution in [3.05, 3.63) is 24.3 Å². The van der Waals surface area contributed by atoms with Gasteiger partial charge in [0.1, 0.15) is 11.5 Å². The van der Waals surface area contributed by atoms with Gasteiger partial charge >= 0.3 is 0 Å². The zero-order chi connectivity index (χ0) is 11.6. The number of aliphatic hydroxyl groups is 1. The SMILES string of the molecule is NC1(Oc2cccc(O)c2)CCC(O)CC1. The third-order valence-corrected chi connectivity index (χ3v) is 2.94. The van der Waals surface area contributed by atoms with Crippen LogP contribution < -0.4 is 10.5 Å². The average molecular weight is 223 g/mol. The maximum atomic E-state index is 9.40. The Morgan fingerprint density at radius 2 is 2.00 bits per heavy atom. The number of nitrogens with two attached hydrogens (primary N) is 1. The number of aliphatic hydroxyl groups excluding tert-OH is 1. The summed E-state index contributed by atoms with van der Waals surface area (Å²) in [5.41, 5.74) is 5.37. The highest BCUT2D eigenvalue weighted by Gasteiger charge is 2.32. The van der Waals surface area contributed by atoms with Crippen molar-refractivity contribution in [1.29, 1.82) is 0 Å². The van der Waals surface area contributed by atoms with E-state index in [0.29, 0.717) is 31.4 Å². The number of hydrogen-bond donors (Lipinski definition) is 3. The van der Waals surface area contributed by atoms with Crippen LogP contribution in [0.2, 0.25) is 0 Å². The van der Waals surface area contributed by atoms with E-state index in [4.69, 9.17) is 10.5 Å². The lowest BCUT2D eigenvalue weighted by atomic mass is 9.90. The maximum Gasteiger partial charge on any atom is 0.158 e. The molecule has 4 heteroatoms. The Balaban J connectivity index is 2.03. The molecule has 0 bridgehead atoms. The number of benzene rings is 1. The molecule has 0 radical (unpaired) electrons. The average Bonchev–Trinajstić information content (AvgIpc) is 2.23. The van der Waals surface area contributed by atoms with Gasteiger partial charge in [0.25, 0.3) is 0 Å². The summed E-state index contributed by atoms with van der Waals surface area (Å²) in [5, 5.41) is 18.7. The fourth-order valence-electron chi connectivity index (χ4n) is 1.97. The molecule has 0 amide bonds. The van der Waals surface area contributed by atoms with E-state index in [1.165, 1.54) is 0 Å². The zero-order valence-electron chi connectivity index (χ0n) is 9.10. The minimum atomic E-state index is -0.715. The minimum absolute atomic E-state index is 0.164. The maximum absolute atomic E-state index is 9.40. The standard InChI is InChI=1S/C12H17NO3/c13-12(6-4-9(14)5-7-12)16-11-3-1-2-10(15)8-11/h1-3,8-9,14-15H,4-7,13H2. The highest BCUT2D eigenvalue weighted by atomic mass is 16.5. The van der Waals surface area contributed by atoms with Gasteiger partial charge in [-0.15, -0.1) is 0 Å². The first kappa shape index (κ1) is 11.2. The number of ether oxygens (including phenoxy) is 1. The van der Waals surface area contributed by atoms with Crippen LogP contribution in [0.1, 0.15) is 25.7 Å². The largest absolute Gasteiger partial charge is 0.508 e. The smallest absolute Gasteiger partial charge is 0.158 e. The lowest BCUT2D eigenvalue weighted by Gasteiger charge is -2.35. The highest BCUT2D eigenvalue weighted by Crippen LogP contribution is 2.30. The van der Waals surface area contributed by atoms with Gasteiger partial charge in [-0.2, -0.15) is 0 Å². The van der Waals surface area contributed by atoms with Gasteiger partial charge in [0.15, 0.2) is 5.72 Å². The Labute approximate surface area is 94.7 Å². The van der Waals surface area contributed by atoms with Crippen LogP contribution in [0.15, 0.2) is 24.3 Å². The van der Waals surface area contributed by atoms with E-state index in [1.807, 2.05) is 0 Å². The first-order valence-electron chi connectivity index (χ1n) is 5.52. The lowest BCUT2D eigenvalue weighted by molar-refractivity contribution is -0.00731. The Morgan fingerprint density at radius 3 is 2.62 bits per heavy atom. The summed E-state index contributed by atoms with van der Waals surface area (Å²) >= 11 is 0. The number of aromatic hydroxyl groups is 1. The molecular formula is C12H17NO3. The van der Waals surface area contributed by atoms with Crippen LogP contribution in [-0.2, 0) is 0 Å². The molecule has 16 heavy (non-hydrogen) atoms. The van der Waals surface area contributed by atoms with Crippen molar-refractivity contribution in [1.82, 2.24) is 0 Å². The van der Waals surface area contributed by atoms with Gasteiger partial charge in [0.2, 0.25) is 0 Å². The van der Waals surface area contributed by atoms with E-state index in [2.05, 4.69) is 0 Å². The van der Waals surface area contributed by atoms with E-state index in [9.17, 15) is 10.2 Å². The second kappa shape index (κ2) is 4.31. The van der Waals surface area contributed by atoms with E-state index < -0.39 is 5.72 Å². The molecule has 1 saturated carbocycles. The molecule has 4 nitrogen and oxygen atoms in total. The molecule has 2 rings (SSSR count). The Kier molecular flexibility index (Phi) is 3.03. The molecule has 0 aliphatic heterocycles. The summed E-state index contributed by atoms with van der Waals surface area (Å²) in [4.78, 5) is 0. The van der Waals surface area contributed by atoms with Gasteiger partial charge < -0.3 is 14.9 Å². The molecule has 0 unspecified atom stereocenters. The normalized spacial score (nSPS) is 30.0. The number of rotatable bonds is 2. The molecule has 0 saturated heterocycles. The predicted octanol–water partition coefficient (Wildman–Crippen LogP) is 1.36. The topological polar surface area (TPSA) is 75.7 Å². The highest BCUT2D eigenvalue weighted by molar-refractivity contribution is 5.32. The van der Waals surface area contributed by atoms with Crippen molar-refractivity contribution in [2.45, 2.75) is 37.5 Å². The Morgan fingerprint density at radius 1 is 1.31 bits per heavy atom. The molecule has 0 spiro atoms. The molecule has 1 aliphatic carbocycles. The Bertz CT molecular complexity index is 359. The van der Waals surface area contributed by atoms with Crippen LogP contribution >= 0.6 is 0 Å². The van der Waals surface area contributed by atoms with Crippen LogP contribution in [-0.4, -0.2) is 22.0 Å². The minimum Gasteiger partial charge on any atom is -0.508 e. The van der Waals surface area contributed by atoms with Gasteiger partial charge in [-0.1, -0.05) is 6.07 Å².